The molecular weight excluding hydrogens is 546 g/mol. The van der Waals surface area contributed by atoms with E-state index in [0.29, 0.717) is 10.6 Å². The lowest BCUT2D eigenvalue weighted by Crippen LogP contribution is -2.42. The fourth-order valence-electron chi connectivity index (χ4n) is 3.69. The van der Waals surface area contributed by atoms with Gasteiger partial charge >= 0.3 is 5.91 Å². The number of hydrogen-bond acceptors (Lipinski definition) is 4. The van der Waals surface area contributed by atoms with Gasteiger partial charge in [0.2, 0.25) is 0 Å². The lowest BCUT2D eigenvalue weighted by Gasteiger charge is -2.40. The second kappa shape index (κ2) is 8.11. The predicted octanol–water partition coefficient (Wildman–Crippen LogP) is 7.01. The van der Waals surface area contributed by atoms with Crippen LogP contribution in [-0.2, 0) is 0 Å². The molecule has 0 aliphatic carbocycles. The van der Waals surface area contributed by atoms with E-state index in [0.717, 1.165) is 31.1 Å². The summed E-state index contributed by atoms with van der Waals surface area (Å²) in [4.78, 5) is 14.7. The van der Waals surface area contributed by atoms with Gasteiger partial charge in [-0.25, -0.2) is 5.43 Å². The topological polar surface area (TPSA) is 57.8 Å². The molecule has 0 radical (unpaired) electrons. The Balaban J connectivity index is 1.57. The van der Waals surface area contributed by atoms with E-state index in [1.165, 1.54) is 5.57 Å². The highest BCUT2D eigenvalue weighted by atomic mass is 79.9. The lowest BCUT2D eigenvalue weighted by atomic mass is 9.88. The predicted molar refractivity (Wildman–Crippen MR) is 134 cm³/mol. The monoisotopic (exact) mass is 563 g/mol. The Labute approximate surface area is 202 Å². The van der Waals surface area contributed by atoms with Gasteiger partial charge in [-0.2, -0.15) is 5.10 Å². The summed E-state index contributed by atoms with van der Waals surface area (Å²) in [6.07, 6.45) is 3.77. The number of carbonyl (C=O) groups excluding carboxylic acids is 1. The van der Waals surface area contributed by atoms with Gasteiger partial charge in [-0.1, -0.05) is 33.6 Å². The number of allylic oxidation sites excluding steroid dienone is 1. The van der Waals surface area contributed by atoms with Crippen molar-refractivity contribution < 1.29 is 9.21 Å². The van der Waals surface area contributed by atoms with Crippen LogP contribution in [0.25, 0.3) is 16.5 Å². The molecule has 160 valence electrons. The second-order valence-corrected chi connectivity index (χ2v) is 10.2. The summed E-state index contributed by atoms with van der Waals surface area (Å²) in [6.45, 7) is 6.41. The number of likely N-dealkylation sites (N-methyl/N-ethyl adjacent to an activating group) is 1. The largest absolute Gasteiger partial charge is 0.450 e. The van der Waals surface area contributed by atoms with Crippen molar-refractivity contribution in [1.82, 2.24) is 5.43 Å². The van der Waals surface area contributed by atoms with Crippen molar-refractivity contribution in [3.8, 4) is 0 Å². The molecule has 1 aliphatic rings. The maximum Gasteiger partial charge on any atom is 0.307 e. The maximum absolute atomic E-state index is 12.5. The highest BCUT2D eigenvalue weighted by molar-refractivity contribution is 9.11. The SMILES string of the molecule is CC1=CC(C)(C)N(C)c2cc(Cl)c(/C=N\NC(=O)c3cc4cc(Br)cc(Br)c4o3)cc21. The first-order valence-electron chi connectivity index (χ1n) is 9.56. The average Bonchev–Trinajstić information content (AvgIpc) is 3.11. The Bertz CT molecular complexity index is 1280. The van der Waals surface area contributed by atoms with Gasteiger partial charge in [0.25, 0.3) is 0 Å². The fraction of sp³-hybridized carbons (Fsp3) is 0.217. The van der Waals surface area contributed by atoms with Crippen molar-refractivity contribution >= 4 is 77.8 Å². The molecule has 1 amide bonds. The summed E-state index contributed by atoms with van der Waals surface area (Å²) >= 11 is 13.4. The van der Waals surface area contributed by atoms with E-state index in [1.807, 2.05) is 24.3 Å². The molecule has 0 atom stereocenters. The number of benzene rings is 2. The first-order valence-corrected chi connectivity index (χ1v) is 11.5. The Morgan fingerprint density at radius 2 is 1.97 bits per heavy atom. The van der Waals surface area contributed by atoms with Crippen molar-refractivity contribution in [1.29, 1.82) is 0 Å². The molecule has 31 heavy (non-hydrogen) atoms. The molecule has 0 fully saturated rings. The third kappa shape index (κ3) is 4.19. The highest BCUT2D eigenvalue weighted by Crippen LogP contribution is 2.40. The molecular formula is C23H20Br2ClN3O2. The zero-order valence-corrected chi connectivity index (χ0v) is 21.3. The number of hydrazone groups is 1. The molecule has 0 saturated carbocycles. The zero-order valence-electron chi connectivity index (χ0n) is 17.4. The van der Waals surface area contributed by atoms with Crippen LogP contribution < -0.4 is 10.3 Å². The molecule has 0 unspecified atom stereocenters. The molecule has 2 heterocycles. The lowest BCUT2D eigenvalue weighted by molar-refractivity contribution is 0.0929. The Kier molecular flexibility index (Phi) is 5.79. The van der Waals surface area contributed by atoms with Crippen LogP contribution in [0.5, 0.6) is 0 Å². The van der Waals surface area contributed by atoms with Gasteiger partial charge < -0.3 is 9.32 Å². The number of amides is 1. The molecule has 1 N–H and O–H groups in total. The summed E-state index contributed by atoms with van der Waals surface area (Å²) in [5.41, 5.74) is 7.06. The summed E-state index contributed by atoms with van der Waals surface area (Å²) in [7, 11) is 2.05. The Morgan fingerprint density at radius 1 is 1.23 bits per heavy atom. The minimum absolute atomic E-state index is 0.0961. The number of furan rings is 1. The number of nitrogens with one attached hydrogen (secondary N) is 1. The summed E-state index contributed by atoms with van der Waals surface area (Å²) in [5, 5.41) is 5.46. The molecule has 0 saturated heterocycles. The average molecular weight is 566 g/mol. The Morgan fingerprint density at radius 3 is 2.71 bits per heavy atom. The Hall–Kier alpha value is -2.09. The second-order valence-electron chi connectivity index (χ2n) is 8.05. The summed E-state index contributed by atoms with van der Waals surface area (Å²) < 4.78 is 7.32. The number of carbonyl (C=O) groups is 1. The minimum Gasteiger partial charge on any atom is -0.450 e. The summed E-state index contributed by atoms with van der Waals surface area (Å²) in [5.74, 6) is -0.271. The quantitative estimate of drug-likeness (QED) is 0.275. The molecule has 2 aromatic carbocycles. The minimum atomic E-state index is -0.442. The van der Waals surface area contributed by atoms with Gasteiger partial charge in [0, 0.05) is 33.7 Å². The molecule has 0 spiro atoms. The molecule has 1 aromatic heterocycles. The van der Waals surface area contributed by atoms with Gasteiger partial charge in [-0.15, -0.1) is 0 Å². The van der Waals surface area contributed by atoms with E-state index in [1.54, 1.807) is 12.3 Å². The van der Waals surface area contributed by atoms with Crippen LogP contribution >= 0.6 is 43.5 Å². The van der Waals surface area contributed by atoms with Crippen molar-refractivity contribution in [2.24, 2.45) is 5.10 Å². The molecule has 8 heteroatoms. The number of hydrogen-bond donors (Lipinski definition) is 1. The molecule has 0 bridgehead atoms. The number of halogens is 3. The first kappa shape index (κ1) is 22.1. The van der Waals surface area contributed by atoms with Crippen LogP contribution in [0.15, 0.2) is 54.9 Å². The van der Waals surface area contributed by atoms with Gasteiger partial charge in [-0.05, 0) is 72.6 Å². The first-order chi connectivity index (χ1) is 14.6. The third-order valence-electron chi connectivity index (χ3n) is 5.46. The van der Waals surface area contributed by atoms with Gasteiger partial charge in [0.05, 0.1) is 21.2 Å². The van der Waals surface area contributed by atoms with Gasteiger partial charge in [0.15, 0.2) is 5.76 Å². The van der Waals surface area contributed by atoms with Crippen molar-refractivity contribution in [3.05, 3.63) is 67.3 Å². The number of rotatable bonds is 3. The fourth-order valence-corrected chi connectivity index (χ4v) is 5.24. The van der Waals surface area contributed by atoms with Crippen LogP contribution in [0.2, 0.25) is 5.02 Å². The molecule has 5 nitrogen and oxygen atoms in total. The van der Waals surface area contributed by atoms with Crippen molar-refractivity contribution in [2.45, 2.75) is 26.3 Å². The third-order valence-corrected chi connectivity index (χ3v) is 6.84. The number of nitrogens with zero attached hydrogens (tertiary/aromatic N) is 2. The van der Waals surface area contributed by atoms with Gasteiger partial charge in [-0.3, -0.25) is 4.79 Å². The van der Waals surface area contributed by atoms with E-state index in [2.05, 4.69) is 81.2 Å². The van der Waals surface area contributed by atoms with Crippen molar-refractivity contribution in [2.75, 3.05) is 11.9 Å². The maximum atomic E-state index is 12.5. The van der Waals surface area contributed by atoms with E-state index >= 15 is 0 Å². The van der Waals surface area contributed by atoms with E-state index < -0.39 is 5.91 Å². The zero-order chi connectivity index (χ0) is 22.5. The smallest absolute Gasteiger partial charge is 0.307 e. The van der Waals surface area contributed by atoms with Crippen LogP contribution in [0, 0.1) is 0 Å². The van der Waals surface area contributed by atoms with Crippen LogP contribution in [0.4, 0.5) is 5.69 Å². The summed E-state index contributed by atoms with van der Waals surface area (Å²) in [6, 6.07) is 9.34. The van der Waals surface area contributed by atoms with E-state index in [-0.39, 0.29) is 11.3 Å². The van der Waals surface area contributed by atoms with E-state index in [9.17, 15) is 4.79 Å². The standard InChI is InChI=1S/C23H20Br2ClN3O2/c1-12-10-23(2,3)29(4)19-9-18(26)14(6-16(12)19)11-27-28-22(30)20-7-13-5-15(24)8-17(25)21(13)31-20/h5-11H,1-4H3,(H,28,30)/b27-11-. The van der Waals surface area contributed by atoms with E-state index in [4.69, 9.17) is 16.0 Å². The van der Waals surface area contributed by atoms with Gasteiger partial charge in [0.1, 0.15) is 5.58 Å². The van der Waals surface area contributed by atoms with Crippen molar-refractivity contribution in [3.63, 3.8) is 0 Å². The molecule has 1 aliphatic heterocycles. The molecule has 4 rings (SSSR count). The number of anilines is 1. The van der Waals surface area contributed by atoms with Crippen LogP contribution in [-0.4, -0.2) is 24.7 Å². The highest BCUT2D eigenvalue weighted by Gasteiger charge is 2.29. The van der Waals surface area contributed by atoms with Crippen LogP contribution in [0.3, 0.4) is 0 Å². The molecule has 3 aromatic rings. The number of fused-ring (bicyclic) bond motifs is 2. The van der Waals surface area contributed by atoms with Crippen LogP contribution in [0.1, 0.15) is 42.5 Å². The normalized spacial score (nSPS) is 15.3.